The number of nitrogens with one attached hydrogen (secondary N) is 1. The van der Waals surface area contributed by atoms with Crippen LogP contribution >= 0.6 is 11.6 Å². The van der Waals surface area contributed by atoms with E-state index in [2.05, 4.69) is 5.32 Å². The third kappa shape index (κ3) is 3.24. The van der Waals surface area contributed by atoms with Crippen molar-refractivity contribution in [3.05, 3.63) is 47.0 Å². The van der Waals surface area contributed by atoms with Crippen LogP contribution in [0.25, 0.3) is 0 Å². The van der Waals surface area contributed by atoms with Gasteiger partial charge in [-0.3, -0.25) is 4.79 Å². The number of rotatable bonds is 6. The molecule has 0 radical (unpaired) electrons. The Morgan fingerprint density at radius 1 is 1.04 bits per heavy atom. The lowest BCUT2D eigenvalue weighted by Crippen LogP contribution is -2.27. The van der Waals surface area contributed by atoms with Crippen molar-refractivity contribution in [2.75, 3.05) is 26.6 Å². The molecule has 132 valence electrons. The fourth-order valence-electron chi connectivity index (χ4n) is 2.96. The summed E-state index contributed by atoms with van der Waals surface area (Å²) in [4.78, 5) is 12.9. The molecule has 1 amide bonds. The van der Waals surface area contributed by atoms with E-state index in [0.29, 0.717) is 28.0 Å². The molecule has 2 aromatic rings. The average Bonchev–Trinajstić information content (AvgIpc) is 3.42. The van der Waals surface area contributed by atoms with Crippen LogP contribution in [0.2, 0.25) is 5.02 Å². The number of halogens is 1. The van der Waals surface area contributed by atoms with E-state index in [0.717, 1.165) is 18.4 Å². The summed E-state index contributed by atoms with van der Waals surface area (Å²) in [5.74, 6) is 1.40. The highest BCUT2D eigenvalue weighted by Gasteiger charge is 2.51. The molecule has 0 bridgehead atoms. The number of carbonyl (C=O) groups excluding carboxylic acids is 1. The van der Waals surface area contributed by atoms with Crippen LogP contribution in [0.4, 0.5) is 5.69 Å². The first-order valence-electron chi connectivity index (χ1n) is 7.91. The number of anilines is 1. The first-order chi connectivity index (χ1) is 12.0. The second-order valence-electron chi connectivity index (χ2n) is 5.96. The molecule has 5 nitrogen and oxygen atoms in total. The molecular weight excluding hydrogens is 342 g/mol. The number of methoxy groups -OCH3 is 3. The minimum absolute atomic E-state index is 0.0657. The summed E-state index contributed by atoms with van der Waals surface area (Å²) in [6, 6.07) is 10.9. The maximum absolute atomic E-state index is 12.9. The summed E-state index contributed by atoms with van der Waals surface area (Å²) in [7, 11) is 4.62. The predicted molar refractivity (Wildman–Crippen MR) is 97.1 cm³/mol. The minimum atomic E-state index is -0.523. The molecule has 0 atom stereocenters. The smallest absolute Gasteiger partial charge is 0.235 e. The lowest BCUT2D eigenvalue weighted by atomic mass is 9.95. The Kier molecular flexibility index (Phi) is 4.77. The molecule has 0 spiro atoms. The number of carbonyl (C=O) groups is 1. The highest BCUT2D eigenvalue weighted by atomic mass is 35.5. The van der Waals surface area contributed by atoms with Gasteiger partial charge in [-0.2, -0.15) is 0 Å². The average molecular weight is 362 g/mol. The van der Waals surface area contributed by atoms with Gasteiger partial charge in [0.2, 0.25) is 11.7 Å². The van der Waals surface area contributed by atoms with Crippen LogP contribution in [0, 0.1) is 0 Å². The van der Waals surface area contributed by atoms with Crippen molar-refractivity contribution >= 4 is 23.2 Å². The largest absolute Gasteiger partial charge is 0.493 e. The fraction of sp³-hybridized carbons (Fsp3) is 0.316. The number of amides is 1. The molecule has 1 N–H and O–H groups in total. The van der Waals surface area contributed by atoms with Crippen molar-refractivity contribution in [1.82, 2.24) is 0 Å². The monoisotopic (exact) mass is 361 g/mol. The number of hydrogen-bond acceptors (Lipinski definition) is 4. The topological polar surface area (TPSA) is 56.8 Å². The zero-order valence-corrected chi connectivity index (χ0v) is 15.1. The summed E-state index contributed by atoms with van der Waals surface area (Å²) in [5, 5.41) is 3.59. The van der Waals surface area contributed by atoms with Crippen molar-refractivity contribution < 1.29 is 19.0 Å². The maximum Gasteiger partial charge on any atom is 0.235 e. The normalized spacial score (nSPS) is 14.6. The third-order valence-electron chi connectivity index (χ3n) is 4.48. The summed E-state index contributed by atoms with van der Waals surface area (Å²) >= 11 is 6.08. The second-order valence-corrected chi connectivity index (χ2v) is 6.40. The van der Waals surface area contributed by atoms with Crippen molar-refractivity contribution in [2.24, 2.45) is 0 Å². The molecule has 2 aromatic carbocycles. The van der Waals surface area contributed by atoms with Crippen LogP contribution < -0.4 is 19.5 Å². The Morgan fingerprint density at radius 2 is 1.68 bits per heavy atom. The molecule has 0 heterocycles. The van der Waals surface area contributed by atoms with Gasteiger partial charge in [0.1, 0.15) is 0 Å². The van der Waals surface area contributed by atoms with Gasteiger partial charge >= 0.3 is 0 Å². The van der Waals surface area contributed by atoms with Gasteiger partial charge in [-0.05, 0) is 30.5 Å². The van der Waals surface area contributed by atoms with Gasteiger partial charge in [0.15, 0.2) is 11.5 Å². The van der Waals surface area contributed by atoms with Gasteiger partial charge in [0, 0.05) is 22.8 Å². The first-order valence-corrected chi connectivity index (χ1v) is 8.29. The number of benzene rings is 2. The Bertz CT molecular complexity index is 777. The van der Waals surface area contributed by atoms with E-state index in [1.54, 1.807) is 18.2 Å². The van der Waals surface area contributed by atoms with Crippen LogP contribution in [0.1, 0.15) is 18.4 Å². The summed E-state index contributed by atoms with van der Waals surface area (Å²) < 4.78 is 16.0. The molecule has 0 unspecified atom stereocenters. The van der Waals surface area contributed by atoms with E-state index in [9.17, 15) is 4.79 Å². The van der Waals surface area contributed by atoms with Crippen molar-refractivity contribution in [3.8, 4) is 17.2 Å². The zero-order chi connectivity index (χ0) is 18.0. The minimum Gasteiger partial charge on any atom is -0.493 e. The van der Waals surface area contributed by atoms with Crippen LogP contribution in [0.3, 0.4) is 0 Å². The molecule has 1 fully saturated rings. The van der Waals surface area contributed by atoms with E-state index >= 15 is 0 Å². The molecule has 1 saturated carbocycles. The molecule has 3 rings (SSSR count). The molecule has 6 heteroatoms. The lowest BCUT2D eigenvalue weighted by Gasteiger charge is -2.18. The molecule has 25 heavy (non-hydrogen) atoms. The fourth-order valence-corrected chi connectivity index (χ4v) is 3.15. The third-order valence-corrected chi connectivity index (χ3v) is 4.72. The quantitative estimate of drug-likeness (QED) is 0.843. The van der Waals surface area contributed by atoms with Gasteiger partial charge in [-0.25, -0.2) is 0 Å². The Balaban J connectivity index is 1.88. The predicted octanol–water partition coefficient (Wildman–Crippen LogP) is 4.04. The van der Waals surface area contributed by atoms with E-state index in [4.69, 9.17) is 25.8 Å². The standard InChI is InChI=1S/C19H20ClNO4/c1-23-15-10-14(11-16(24-2)17(15)25-3)21-18(22)19(7-8-19)12-5-4-6-13(20)9-12/h4-6,9-11H,7-8H2,1-3H3,(H,21,22). The lowest BCUT2D eigenvalue weighted by molar-refractivity contribution is -0.118. The molecule has 0 aromatic heterocycles. The Labute approximate surface area is 151 Å². The van der Waals surface area contributed by atoms with Crippen LogP contribution in [-0.2, 0) is 10.2 Å². The van der Waals surface area contributed by atoms with Crippen LogP contribution in [0.15, 0.2) is 36.4 Å². The van der Waals surface area contributed by atoms with Crippen molar-refractivity contribution in [3.63, 3.8) is 0 Å². The molecule has 1 aliphatic rings. The SMILES string of the molecule is COc1cc(NC(=O)C2(c3cccc(Cl)c3)CC2)cc(OC)c1OC. The van der Waals surface area contributed by atoms with Gasteiger partial charge in [-0.15, -0.1) is 0 Å². The van der Waals surface area contributed by atoms with E-state index < -0.39 is 5.41 Å². The summed E-state index contributed by atoms with van der Waals surface area (Å²) in [6.07, 6.45) is 1.59. The van der Waals surface area contributed by atoms with E-state index in [1.807, 2.05) is 18.2 Å². The van der Waals surface area contributed by atoms with Crippen LogP contribution in [0.5, 0.6) is 17.2 Å². The highest BCUT2D eigenvalue weighted by molar-refractivity contribution is 6.30. The van der Waals surface area contributed by atoms with Crippen molar-refractivity contribution in [2.45, 2.75) is 18.3 Å². The summed E-state index contributed by atoms with van der Waals surface area (Å²) in [5.41, 5.74) is 1.00. The zero-order valence-electron chi connectivity index (χ0n) is 14.4. The second kappa shape index (κ2) is 6.84. The summed E-state index contributed by atoms with van der Waals surface area (Å²) in [6.45, 7) is 0. The maximum atomic E-state index is 12.9. The van der Waals surface area contributed by atoms with E-state index in [-0.39, 0.29) is 5.91 Å². The van der Waals surface area contributed by atoms with Crippen LogP contribution in [-0.4, -0.2) is 27.2 Å². The highest BCUT2D eigenvalue weighted by Crippen LogP contribution is 2.50. The van der Waals surface area contributed by atoms with Gasteiger partial charge in [-0.1, -0.05) is 23.7 Å². The Hall–Kier alpha value is -2.40. The Morgan fingerprint density at radius 3 is 2.16 bits per heavy atom. The van der Waals surface area contributed by atoms with E-state index in [1.165, 1.54) is 21.3 Å². The van der Waals surface area contributed by atoms with Crippen molar-refractivity contribution in [1.29, 1.82) is 0 Å². The van der Waals surface area contributed by atoms with Gasteiger partial charge in [0.05, 0.1) is 26.7 Å². The van der Waals surface area contributed by atoms with Gasteiger partial charge in [0.25, 0.3) is 0 Å². The number of ether oxygens (including phenoxy) is 3. The molecule has 0 saturated heterocycles. The first kappa shape index (κ1) is 17.4. The number of hydrogen-bond donors (Lipinski definition) is 1. The molecule has 1 aliphatic carbocycles. The molecule has 0 aliphatic heterocycles. The molecular formula is C19H20ClNO4. The van der Waals surface area contributed by atoms with Gasteiger partial charge < -0.3 is 19.5 Å².